The quantitative estimate of drug-likeness (QED) is 0.690. The Morgan fingerprint density at radius 1 is 1.21 bits per heavy atom. The van der Waals surface area contributed by atoms with E-state index in [9.17, 15) is 4.39 Å². The highest BCUT2D eigenvalue weighted by molar-refractivity contribution is 9.10. The maximum atomic E-state index is 13.3. The summed E-state index contributed by atoms with van der Waals surface area (Å²) in [6, 6.07) is 5.37. The zero-order valence-corrected chi connectivity index (χ0v) is 9.48. The molecule has 0 spiro atoms. The Hall–Kier alpha value is -0.630. The fourth-order valence-electron chi connectivity index (χ4n) is 1.80. The van der Waals surface area contributed by atoms with E-state index in [1.807, 2.05) is 6.07 Å². The second kappa shape index (κ2) is 4.26. The molecule has 1 aromatic rings. The second-order valence-electron chi connectivity index (χ2n) is 3.60. The number of rotatable bonds is 1. The van der Waals surface area contributed by atoms with Crippen LogP contribution in [-0.4, -0.2) is 0 Å². The van der Waals surface area contributed by atoms with Crippen LogP contribution in [0.1, 0.15) is 31.2 Å². The monoisotopic (exact) mass is 254 g/mol. The van der Waals surface area contributed by atoms with Gasteiger partial charge < -0.3 is 0 Å². The lowest BCUT2D eigenvalue weighted by Gasteiger charge is -2.12. The largest absolute Gasteiger partial charge is 0.206 e. The Bertz CT molecular complexity index is 369. The average Bonchev–Trinajstić information content (AvgIpc) is 2.23. The van der Waals surface area contributed by atoms with Gasteiger partial charge in [-0.3, -0.25) is 0 Å². The van der Waals surface area contributed by atoms with Gasteiger partial charge in [-0.1, -0.05) is 12.1 Å². The predicted octanol–water partition coefficient (Wildman–Crippen LogP) is 4.55. The Morgan fingerprint density at radius 2 is 2.07 bits per heavy atom. The Morgan fingerprint density at radius 3 is 2.71 bits per heavy atom. The Kier molecular flexibility index (Phi) is 3.02. The van der Waals surface area contributed by atoms with Crippen LogP contribution in [0, 0.1) is 5.82 Å². The maximum Gasteiger partial charge on any atom is 0.137 e. The minimum Gasteiger partial charge on any atom is -0.206 e. The molecule has 0 saturated carbocycles. The fraction of sp³-hybridized carbons (Fsp3) is 0.333. The van der Waals surface area contributed by atoms with Crippen LogP contribution in [0.4, 0.5) is 4.39 Å². The molecule has 0 aromatic heterocycles. The third kappa shape index (κ3) is 2.06. The molecule has 0 amide bonds. The third-order valence-electron chi connectivity index (χ3n) is 2.58. The predicted molar refractivity (Wildman–Crippen MR) is 60.5 cm³/mol. The van der Waals surface area contributed by atoms with E-state index in [1.165, 1.54) is 18.4 Å². The molecule has 0 aliphatic heterocycles. The molecule has 0 fully saturated rings. The van der Waals surface area contributed by atoms with Gasteiger partial charge in [0.05, 0.1) is 4.47 Å². The molecule has 0 unspecified atom stereocenters. The van der Waals surface area contributed by atoms with Crippen molar-refractivity contribution in [2.75, 3.05) is 0 Å². The molecular formula is C12H12BrF. The van der Waals surface area contributed by atoms with Gasteiger partial charge in [-0.25, -0.2) is 4.39 Å². The van der Waals surface area contributed by atoms with E-state index in [2.05, 4.69) is 22.0 Å². The molecule has 2 rings (SSSR count). The number of benzene rings is 1. The van der Waals surface area contributed by atoms with Crippen molar-refractivity contribution < 1.29 is 4.39 Å². The normalized spacial score (nSPS) is 16.6. The van der Waals surface area contributed by atoms with Gasteiger partial charge in [0, 0.05) is 0 Å². The fourth-order valence-corrected chi connectivity index (χ4v) is 2.04. The van der Waals surface area contributed by atoms with E-state index in [0.29, 0.717) is 4.47 Å². The van der Waals surface area contributed by atoms with Gasteiger partial charge >= 0.3 is 0 Å². The van der Waals surface area contributed by atoms with Crippen LogP contribution >= 0.6 is 15.9 Å². The van der Waals surface area contributed by atoms with Crippen LogP contribution in [0.15, 0.2) is 28.7 Å². The van der Waals surface area contributed by atoms with Crippen molar-refractivity contribution >= 4 is 21.5 Å². The first kappa shape index (κ1) is 9.91. The number of halogens is 2. The summed E-state index contributed by atoms with van der Waals surface area (Å²) in [6.07, 6.45) is 6.94. The summed E-state index contributed by atoms with van der Waals surface area (Å²) in [7, 11) is 0. The third-order valence-corrected chi connectivity index (χ3v) is 3.22. The second-order valence-corrected chi connectivity index (χ2v) is 4.46. The Labute approximate surface area is 92.0 Å². The summed E-state index contributed by atoms with van der Waals surface area (Å²) in [4.78, 5) is 0. The minimum atomic E-state index is -0.172. The molecule has 0 nitrogen and oxygen atoms in total. The van der Waals surface area contributed by atoms with Crippen molar-refractivity contribution in [2.24, 2.45) is 0 Å². The zero-order chi connectivity index (χ0) is 9.97. The number of hydrogen-bond acceptors (Lipinski definition) is 0. The summed E-state index contributed by atoms with van der Waals surface area (Å²) in [5, 5.41) is 0. The molecule has 2 heteroatoms. The number of allylic oxidation sites excluding steroid dienone is 2. The minimum absolute atomic E-state index is 0.172. The van der Waals surface area contributed by atoms with Crippen molar-refractivity contribution in [2.45, 2.75) is 25.7 Å². The van der Waals surface area contributed by atoms with Crippen LogP contribution in [0.2, 0.25) is 0 Å². The molecule has 1 aliphatic rings. The molecule has 1 aromatic carbocycles. The van der Waals surface area contributed by atoms with Crippen molar-refractivity contribution in [3.05, 3.63) is 40.1 Å². The molecule has 1 aliphatic carbocycles. The molecule has 0 N–H and O–H groups in total. The maximum absolute atomic E-state index is 13.3. The van der Waals surface area contributed by atoms with Gasteiger partial charge in [-0.2, -0.15) is 0 Å². The first-order valence-electron chi connectivity index (χ1n) is 4.92. The van der Waals surface area contributed by atoms with E-state index < -0.39 is 0 Å². The smallest absolute Gasteiger partial charge is 0.137 e. The molecule has 0 bridgehead atoms. The van der Waals surface area contributed by atoms with Crippen molar-refractivity contribution in [1.82, 2.24) is 0 Å². The van der Waals surface area contributed by atoms with Crippen molar-refractivity contribution in [3.63, 3.8) is 0 Å². The van der Waals surface area contributed by atoms with Gasteiger partial charge in [0.1, 0.15) is 5.82 Å². The van der Waals surface area contributed by atoms with Crippen molar-refractivity contribution in [3.8, 4) is 0 Å². The van der Waals surface area contributed by atoms with Crippen LogP contribution in [0.3, 0.4) is 0 Å². The zero-order valence-electron chi connectivity index (χ0n) is 7.89. The van der Waals surface area contributed by atoms with Crippen LogP contribution in [0.5, 0.6) is 0 Å². The standard InChI is InChI=1S/C12H12BrF/c13-11-7-6-10(8-12(11)14)9-4-2-1-3-5-9/h4,6-8H,1-3,5H2. The molecular weight excluding hydrogens is 243 g/mol. The van der Waals surface area contributed by atoms with E-state index in [4.69, 9.17) is 0 Å². The van der Waals surface area contributed by atoms with Crippen molar-refractivity contribution in [1.29, 1.82) is 0 Å². The molecule has 14 heavy (non-hydrogen) atoms. The lowest BCUT2D eigenvalue weighted by atomic mass is 9.94. The van der Waals surface area contributed by atoms with E-state index in [-0.39, 0.29) is 5.82 Å². The molecule has 0 heterocycles. The Balaban J connectivity index is 2.32. The summed E-state index contributed by atoms with van der Waals surface area (Å²) in [6.45, 7) is 0. The summed E-state index contributed by atoms with van der Waals surface area (Å²) < 4.78 is 13.8. The lowest BCUT2D eigenvalue weighted by Crippen LogP contribution is -1.92. The first-order valence-corrected chi connectivity index (χ1v) is 5.71. The highest BCUT2D eigenvalue weighted by Gasteiger charge is 2.08. The van der Waals surface area contributed by atoms with Crippen LogP contribution in [0.25, 0.3) is 5.57 Å². The molecule has 0 atom stereocenters. The van der Waals surface area contributed by atoms with Crippen LogP contribution < -0.4 is 0 Å². The average molecular weight is 255 g/mol. The first-order chi connectivity index (χ1) is 6.77. The summed E-state index contributed by atoms with van der Waals surface area (Å²) in [5.74, 6) is -0.172. The topological polar surface area (TPSA) is 0 Å². The summed E-state index contributed by atoms with van der Waals surface area (Å²) >= 11 is 3.16. The van der Waals surface area contributed by atoms with E-state index in [1.54, 1.807) is 12.1 Å². The van der Waals surface area contributed by atoms with Gasteiger partial charge in [-0.15, -0.1) is 0 Å². The van der Waals surface area contributed by atoms with Gasteiger partial charge in [-0.05, 0) is 64.9 Å². The molecule has 74 valence electrons. The van der Waals surface area contributed by atoms with Crippen LogP contribution in [-0.2, 0) is 0 Å². The highest BCUT2D eigenvalue weighted by atomic mass is 79.9. The molecule has 0 saturated heterocycles. The van der Waals surface area contributed by atoms with E-state index >= 15 is 0 Å². The number of hydrogen-bond donors (Lipinski definition) is 0. The highest BCUT2D eigenvalue weighted by Crippen LogP contribution is 2.28. The summed E-state index contributed by atoms with van der Waals surface area (Å²) in [5.41, 5.74) is 2.33. The van der Waals surface area contributed by atoms with Gasteiger partial charge in [0.2, 0.25) is 0 Å². The van der Waals surface area contributed by atoms with Gasteiger partial charge in [0.25, 0.3) is 0 Å². The van der Waals surface area contributed by atoms with E-state index in [0.717, 1.165) is 18.4 Å². The SMILES string of the molecule is Fc1cc(C2=CCCCC2)ccc1Br. The lowest BCUT2D eigenvalue weighted by molar-refractivity contribution is 0.620. The molecule has 0 radical (unpaired) electrons. The van der Waals surface area contributed by atoms with Gasteiger partial charge in [0.15, 0.2) is 0 Å².